The van der Waals surface area contributed by atoms with E-state index in [-0.39, 0.29) is 0 Å². The van der Waals surface area contributed by atoms with Crippen molar-refractivity contribution in [2.45, 2.75) is 0 Å². The highest BCUT2D eigenvalue weighted by molar-refractivity contribution is 6.30. The Morgan fingerprint density at radius 1 is 0.840 bits per heavy atom. The molecule has 0 aliphatic heterocycles. The minimum atomic E-state index is 0.716. The van der Waals surface area contributed by atoms with E-state index in [0.717, 1.165) is 33.6 Å². The summed E-state index contributed by atoms with van der Waals surface area (Å²) in [7, 11) is 0. The summed E-state index contributed by atoms with van der Waals surface area (Å²) in [6.07, 6.45) is 3.85. The second-order valence-corrected chi connectivity index (χ2v) is 6.27. The van der Waals surface area contributed by atoms with Gasteiger partial charge in [0.05, 0.1) is 23.1 Å². The van der Waals surface area contributed by atoms with E-state index in [1.54, 1.807) is 6.20 Å². The highest BCUT2D eigenvalue weighted by Crippen LogP contribution is 2.28. The van der Waals surface area contributed by atoms with E-state index >= 15 is 0 Å². The van der Waals surface area contributed by atoms with Crippen molar-refractivity contribution in [3.05, 3.63) is 84.1 Å². The number of para-hydroxylation sites is 1. The Hall–Kier alpha value is -3.11. The number of aromatic nitrogens is 4. The zero-order valence-corrected chi connectivity index (χ0v) is 13.9. The molecule has 0 atom stereocenters. The number of benzene rings is 2. The van der Waals surface area contributed by atoms with Crippen LogP contribution in [0.5, 0.6) is 0 Å². The fourth-order valence-corrected chi connectivity index (χ4v) is 3.28. The van der Waals surface area contributed by atoms with Crippen LogP contribution in [-0.2, 0) is 0 Å². The molecule has 0 saturated carbocycles. The Bertz CT molecular complexity index is 1190. The van der Waals surface area contributed by atoms with Crippen LogP contribution in [0.15, 0.2) is 79.1 Å². The van der Waals surface area contributed by atoms with E-state index < -0.39 is 0 Å². The highest BCUT2D eigenvalue weighted by atomic mass is 35.5. The Labute approximate surface area is 148 Å². The van der Waals surface area contributed by atoms with Gasteiger partial charge in [-0.05, 0) is 36.4 Å². The largest absolute Gasteiger partial charge is 0.298 e. The average Bonchev–Trinajstić information content (AvgIpc) is 3.29. The van der Waals surface area contributed by atoms with Crippen LogP contribution in [-0.4, -0.2) is 19.2 Å². The third-order valence-corrected chi connectivity index (χ3v) is 4.55. The lowest BCUT2D eigenvalue weighted by Gasteiger charge is -2.09. The summed E-state index contributed by atoms with van der Waals surface area (Å²) in [4.78, 5) is 4.87. The number of fused-ring (bicyclic) bond motifs is 3. The molecule has 0 spiro atoms. The molecule has 4 nitrogen and oxygen atoms in total. The maximum absolute atomic E-state index is 6.02. The highest BCUT2D eigenvalue weighted by Gasteiger charge is 2.14. The van der Waals surface area contributed by atoms with Crippen LogP contribution >= 0.6 is 11.6 Å². The van der Waals surface area contributed by atoms with Gasteiger partial charge in [-0.25, -0.2) is 9.67 Å². The molecule has 25 heavy (non-hydrogen) atoms. The summed E-state index contributed by atoms with van der Waals surface area (Å²) < 4.78 is 4.05. The van der Waals surface area contributed by atoms with Gasteiger partial charge in [-0.2, -0.15) is 5.10 Å². The molecule has 0 aliphatic rings. The zero-order valence-electron chi connectivity index (χ0n) is 13.2. The second-order valence-electron chi connectivity index (χ2n) is 5.83. The summed E-state index contributed by atoms with van der Waals surface area (Å²) in [6, 6.07) is 21.9. The molecule has 3 aromatic heterocycles. The summed E-state index contributed by atoms with van der Waals surface area (Å²) in [6.45, 7) is 0. The summed E-state index contributed by atoms with van der Waals surface area (Å²) in [5, 5.41) is 5.27. The van der Waals surface area contributed by atoms with Crippen molar-refractivity contribution in [3.8, 4) is 16.9 Å². The first-order valence-corrected chi connectivity index (χ1v) is 8.35. The van der Waals surface area contributed by atoms with Gasteiger partial charge in [0.1, 0.15) is 5.52 Å². The smallest absolute Gasteiger partial charge is 0.167 e. The van der Waals surface area contributed by atoms with Gasteiger partial charge in [0.2, 0.25) is 0 Å². The molecule has 0 saturated heterocycles. The topological polar surface area (TPSA) is 35.1 Å². The summed E-state index contributed by atoms with van der Waals surface area (Å²) in [5.74, 6) is 0. The summed E-state index contributed by atoms with van der Waals surface area (Å²) in [5.41, 5.74) is 5.78. The molecule has 0 N–H and O–H groups in total. The van der Waals surface area contributed by atoms with Gasteiger partial charge < -0.3 is 0 Å². The van der Waals surface area contributed by atoms with Crippen LogP contribution in [0.1, 0.15) is 0 Å². The van der Waals surface area contributed by atoms with Gasteiger partial charge in [-0.1, -0.05) is 41.9 Å². The molecule has 5 rings (SSSR count). The molecule has 120 valence electrons. The quantitative estimate of drug-likeness (QED) is 0.452. The number of halogens is 1. The van der Waals surface area contributed by atoms with Crippen molar-refractivity contribution in [3.63, 3.8) is 0 Å². The normalized spacial score (nSPS) is 11.4. The van der Waals surface area contributed by atoms with E-state index in [9.17, 15) is 0 Å². The lowest BCUT2D eigenvalue weighted by Crippen LogP contribution is -2.01. The first-order chi connectivity index (χ1) is 12.3. The Morgan fingerprint density at radius 2 is 1.64 bits per heavy atom. The van der Waals surface area contributed by atoms with E-state index in [0.29, 0.717) is 5.02 Å². The Balaban J connectivity index is 1.83. The van der Waals surface area contributed by atoms with E-state index in [2.05, 4.69) is 15.6 Å². The molecule has 0 bridgehead atoms. The monoisotopic (exact) mass is 344 g/mol. The van der Waals surface area contributed by atoms with Crippen LogP contribution in [0.25, 0.3) is 33.6 Å². The molecule has 2 aromatic carbocycles. The maximum Gasteiger partial charge on any atom is 0.167 e. The van der Waals surface area contributed by atoms with Crippen molar-refractivity contribution < 1.29 is 0 Å². The van der Waals surface area contributed by atoms with Gasteiger partial charge in [-0.3, -0.25) is 4.40 Å². The van der Waals surface area contributed by atoms with Crippen LogP contribution in [0.3, 0.4) is 0 Å². The summed E-state index contributed by atoms with van der Waals surface area (Å²) >= 11 is 6.02. The number of nitrogens with zero attached hydrogens (tertiary/aromatic N) is 4. The Morgan fingerprint density at radius 3 is 2.44 bits per heavy atom. The van der Waals surface area contributed by atoms with E-state index in [1.807, 2.05) is 71.5 Å². The first-order valence-electron chi connectivity index (χ1n) is 7.97. The van der Waals surface area contributed by atoms with Crippen LogP contribution in [0.2, 0.25) is 5.02 Å². The molecule has 0 radical (unpaired) electrons. The van der Waals surface area contributed by atoms with Crippen molar-refractivity contribution in [2.24, 2.45) is 0 Å². The standard InChI is InChI=1S/C20H13ClN4/c21-15-10-8-14(9-11-15)19-18-7-4-12-24(18)20-17(23-19)13-22-25(20)16-5-2-1-3-6-16/h1-13H. The van der Waals surface area contributed by atoms with E-state index in [4.69, 9.17) is 16.6 Å². The number of hydrogen-bond donors (Lipinski definition) is 0. The van der Waals surface area contributed by atoms with Crippen molar-refractivity contribution in [2.75, 3.05) is 0 Å². The predicted molar refractivity (Wildman–Crippen MR) is 100 cm³/mol. The molecular formula is C20H13ClN4. The minimum absolute atomic E-state index is 0.716. The van der Waals surface area contributed by atoms with Crippen molar-refractivity contribution in [1.82, 2.24) is 19.2 Å². The maximum atomic E-state index is 6.02. The van der Waals surface area contributed by atoms with Crippen LogP contribution < -0.4 is 0 Å². The molecule has 0 aliphatic carbocycles. The van der Waals surface area contributed by atoms with Crippen LogP contribution in [0.4, 0.5) is 0 Å². The third kappa shape index (κ3) is 2.22. The fraction of sp³-hybridized carbons (Fsp3) is 0. The van der Waals surface area contributed by atoms with Gasteiger partial charge in [-0.15, -0.1) is 0 Å². The Kier molecular flexibility index (Phi) is 3.11. The van der Waals surface area contributed by atoms with E-state index in [1.165, 1.54) is 0 Å². The van der Waals surface area contributed by atoms with Gasteiger partial charge in [0.25, 0.3) is 0 Å². The molecule has 3 heterocycles. The van der Waals surface area contributed by atoms with Gasteiger partial charge in [0, 0.05) is 16.8 Å². The molecule has 5 heteroatoms. The van der Waals surface area contributed by atoms with Crippen molar-refractivity contribution in [1.29, 1.82) is 0 Å². The lowest BCUT2D eigenvalue weighted by molar-refractivity contribution is 0.889. The SMILES string of the molecule is Clc1ccc(-c2nc3cnn(-c4ccccc4)c3n3cccc23)cc1. The van der Waals surface area contributed by atoms with Crippen LogP contribution in [0, 0.1) is 0 Å². The third-order valence-electron chi connectivity index (χ3n) is 4.30. The number of hydrogen-bond acceptors (Lipinski definition) is 2. The average molecular weight is 345 g/mol. The molecule has 0 fully saturated rings. The lowest BCUT2D eigenvalue weighted by atomic mass is 10.1. The van der Waals surface area contributed by atoms with Gasteiger partial charge in [0.15, 0.2) is 5.65 Å². The van der Waals surface area contributed by atoms with Crippen molar-refractivity contribution >= 4 is 28.3 Å². The molecule has 0 amide bonds. The zero-order chi connectivity index (χ0) is 16.8. The second kappa shape index (κ2) is 5.46. The van der Waals surface area contributed by atoms with Gasteiger partial charge >= 0.3 is 0 Å². The molecular weight excluding hydrogens is 332 g/mol. The minimum Gasteiger partial charge on any atom is -0.298 e. The predicted octanol–water partition coefficient (Wildman–Crippen LogP) is 4.99. The fourth-order valence-electron chi connectivity index (χ4n) is 3.15. The molecule has 0 unspecified atom stereocenters. The number of rotatable bonds is 2. The molecule has 5 aromatic rings. The first kappa shape index (κ1) is 14.3.